The standard InChI is InChI=1S/C8H12N2/c1-6(9-3)8-4-5-10-7(8)2/h4-5,9-10H,2H2,1,3H3/b8-6+. The van der Waals surface area contributed by atoms with Crippen LogP contribution in [0.5, 0.6) is 0 Å². The van der Waals surface area contributed by atoms with Crippen LogP contribution in [0.4, 0.5) is 0 Å². The van der Waals surface area contributed by atoms with E-state index in [0.29, 0.717) is 0 Å². The zero-order valence-electron chi connectivity index (χ0n) is 6.36. The van der Waals surface area contributed by atoms with E-state index < -0.39 is 0 Å². The highest BCUT2D eigenvalue weighted by molar-refractivity contribution is 5.38. The second-order valence-corrected chi connectivity index (χ2v) is 2.24. The number of nitrogens with one attached hydrogen (secondary N) is 2. The normalized spacial score (nSPS) is 13.0. The molecule has 0 aromatic carbocycles. The van der Waals surface area contributed by atoms with Gasteiger partial charge in [0, 0.05) is 29.5 Å². The van der Waals surface area contributed by atoms with Crippen LogP contribution in [-0.4, -0.2) is 12.0 Å². The average Bonchev–Trinajstić information content (AvgIpc) is 2.34. The lowest BCUT2D eigenvalue weighted by Crippen LogP contribution is -2.26. The SMILES string of the molecule is C=c1[nH]cc/c1=C(/C)NC. The molecule has 0 aliphatic heterocycles. The minimum absolute atomic E-state index is 0.965. The molecule has 1 aromatic heterocycles. The van der Waals surface area contributed by atoms with Crippen LogP contribution < -0.4 is 15.9 Å². The fourth-order valence-electron chi connectivity index (χ4n) is 0.890. The lowest BCUT2D eigenvalue weighted by atomic mass is 10.3. The molecule has 0 unspecified atom stereocenters. The van der Waals surface area contributed by atoms with E-state index in [2.05, 4.69) is 16.9 Å². The maximum Gasteiger partial charge on any atom is 0.0398 e. The smallest absolute Gasteiger partial charge is 0.0398 e. The lowest BCUT2D eigenvalue weighted by molar-refractivity contribution is 1.09. The van der Waals surface area contributed by atoms with Gasteiger partial charge in [-0.2, -0.15) is 0 Å². The Labute approximate surface area is 60.3 Å². The van der Waals surface area contributed by atoms with Crippen LogP contribution in [0, 0.1) is 0 Å². The van der Waals surface area contributed by atoms with Crippen molar-refractivity contribution >= 4 is 12.3 Å². The van der Waals surface area contributed by atoms with E-state index in [1.807, 2.05) is 26.2 Å². The molecule has 0 radical (unpaired) electrons. The van der Waals surface area contributed by atoms with Crippen molar-refractivity contribution in [3.63, 3.8) is 0 Å². The number of hydrogen-bond acceptors (Lipinski definition) is 1. The van der Waals surface area contributed by atoms with Gasteiger partial charge in [-0.3, -0.25) is 0 Å². The van der Waals surface area contributed by atoms with Crippen molar-refractivity contribution in [1.29, 1.82) is 0 Å². The summed E-state index contributed by atoms with van der Waals surface area (Å²) in [6, 6.07) is 2.01. The van der Waals surface area contributed by atoms with Crippen molar-refractivity contribution in [2.45, 2.75) is 6.92 Å². The highest BCUT2D eigenvalue weighted by Crippen LogP contribution is 1.76. The predicted octanol–water partition coefficient (Wildman–Crippen LogP) is -0.228. The van der Waals surface area contributed by atoms with Crippen molar-refractivity contribution in [1.82, 2.24) is 10.3 Å². The molecule has 0 bridgehead atoms. The van der Waals surface area contributed by atoms with E-state index in [9.17, 15) is 0 Å². The third kappa shape index (κ3) is 1.05. The second kappa shape index (κ2) is 2.60. The first-order valence-electron chi connectivity index (χ1n) is 3.26. The molecule has 0 aliphatic carbocycles. The molecule has 54 valence electrons. The summed E-state index contributed by atoms with van der Waals surface area (Å²) >= 11 is 0. The maximum atomic E-state index is 3.83. The molecule has 1 rings (SSSR count). The second-order valence-electron chi connectivity index (χ2n) is 2.24. The molecule has 0 saturated heterocycles. The Morgan fingerprint density at radius 2 is 2.40 bits per heavy atom. The Morgan fingerprint density at radius 1 is 1.70 bits per heavy atom. The topological polar surface area (TPSA) is 27.8 Å². The summed E-state index contributed by atoms with van der Waals surface area (Å²) in [5.41, 5.74) is 1.14. The van der Waals surface area contributed by atoms with E-state index in [-0.39, 0.29) is 0 Å². The summed E-state index contributed by atoms with van der Waals surface area (Å²) in [7, 11) is 1.90. The summed E-state index contributed by atoms with van der Waals surface area (Å²) < 4.78 is 0. The fourth-order valence-corrected chi connectivity index (χ4v) is 0.890. The molecule has 0 fully saturated rings. The maximum absolute atomic E-state index is 3.83. The molecule has 2 heteroatoms. The first-order chi connectivity index (χ1) is 4.75. The van der Waals surface area contributed by atoms with Crippen LogP contribution in [0.15, 0.2) is 12.3 Å². The third-order valence-corrected chi connectivity index (χ3v) is 1.61. The van der Waals surface area contributed by atoms with Crippen LogP contribution >= 0.6 is 0 Å². The highest BCUT2D eigenvalue weighted by Gasteiger charge is 1.86. The van der Waals surface area contributed by atoms with E-state index in [1.165, 1.54) is 0 Å². The fraction of sp³-hybridized carbons (Fsp3) is 0.250. The number of H-pyrrole nitrogens is 1. The van der Waals surface area contributed by atoms with Gasteiger partial charge in [-0.05, 0) is 13.0 Å². The summed E-state index contributed by atoms with van der Waals surface area (Å²) in [6.45, 7) is 5.86. The van der Waals surface area contributed by atoms with E-state index in [0.717, 1.165) is 16.3 Å². The van der Waals surface area contributed by atoms with Crippen LogP contribution in [0.3, 0.4) is 0 Å². The monoisotopic (exact) mass is 136 g/mol. The summed E-state index contributed by atoms with van der Waals surface area (Å²) in [5.74, 6) is 0. The Hall–Kier alpha value is -1.18. The number of aromatic amines is 1. The molecule has 0 saturated carbocycles. The van der Waals surface area contributed by atoms with Crippen molar-refractivity contribution in [3.8, 4) is 0 Å². The lowest BCUT2D eigenvalue weighted by Gasteiger charge is -1.94. The average molecular weight is 136 g/mol. The molecule has 0 spiro atoms. The Kier molecular flexibility index (Phi) is 1.81. The van der Waals surface area contributed by atoms with Gasteiger partial charge in [0.25, 0.3) is 0 Å². The molecule has 1 aromatic rings. The van der Waals surface area contributed by atoms with Crippen molar-refractivity contribution in [3.05, 3.63) is 22.8 Å². The Morgan fingerprint density at radius 3 is 2.80 bits per heavy atom. The quantitative estimate of drug-likeness (QED) is 0.548. The molecular formula is C8H12N2. The van der Waals surface area contributed by atoms with Gasteiger partial charge in [0.2, 0.25) is 0 Å². The van der Waals surface area contributed by atoms with E-state index >= 15 is 0 Å². The van der Waals surface area contributed by atoms with E-state index in [4.69, 9.17) is 0 Å². The molecule has 2 N–H and O–H groups in total. The van der Waals surface area contributed by atoms with Gasteiger partial charge in [-0.15, -0.1) is 0 Å². The third-order valence-electron chi connectivity index (χ3n) is 1.61. The van der Waals surface area contributed by atoms with Gasteiger partial charge in [0.15, 0.2) is 0 Å². The van der Waals surface area contributed by atoms with Crippen molar-refractivity contribution in [2.75, 3.05) is 7.05 Å². The van der Waals surface area contributed by atoms with Crippen LogP contribution in [0.2, 0.25) is 0 Å². The Balaban J connectivity index is 3.40. The summed E-state index contributed by atoms with van der Waals surface area (Å²) in [6.07, 6.45) is 1.89. The Bertz CT molecular complexity index is 308. The molecule has 0 atom stereocenters. The highest BCUT2D eigenvalue weighted by atomic mass is 14.8. The van der Waals surface area contributed by atoms with E-state index in [1.54, 1.807) is 0 Å². The minimum atomic E-state index is 0.965. The van der Waals surface area contributed by atoms with Crippen LogP contribution in [-0.2, 0) is 0 Å². The molecule has 0 aliphatic rings. The minimum Gasteiger partial charge on any atom is -0.391 e. The number of rotatable bonds is 1. The van der Waals surface area contributed by atoms with Gasteiger partial charge in [0.05, 0.1) is 0 Å². The summed E-state index contributed by atoms with van der Waals surface area (Å²) in [5, 5.41) is 5.18. The van der Waals surface area contributed by atoms with Gasteiger partial charge in [-0.1, -0.05) is 6.58 Å². The summed E-state index contributed by atoms with van der Waals surface area (Å²) in [4.78, 5) is 3.01. The first kappa shape index (κ1) is 6.93. The van der Waals surface area contributed by atoms with Gasteiger partial charge in [-0.25, -0.2) is 0 Å². The van der Waals surface area contributed by atoms with Crippen molar-refractivity contribution in [2.24, 2.45) is 0 Å². The zero-order chi connectivity index (χ0) is 7.56. The molecule has 1 heterocycles. The molecule has 10 heavy (non-hydrogen) atoms. The number of aromatic nitrogens is 1. The van der Waals surface area contributed by atoms with Crippen LogP contribution in [0.1, 0.15) is 6.92 Å². The first-order valence-corrected chi connectivity index (χ1v) is 3.26. The van der Waals surface area contributed by atoms with Crippen LogP contribution in [0.25, 0.3) is 12.3 Å². The van der Waals surface area contributed by atoms with Gasteiger partial charge in [0.1, 0.15) is 0 Å². The number of hydrogen-bond donors (Lipinski definition) is 2. The van der Waals surface area contributed by atoms with Gasteiger partial charge < -0.3 is 10.3 Å². The molecular weight excluding hydrogens is 124 g/mol. The van der Waals surface area contributed by atoms with Gasteiger partial charge >= 0.3 is 0 Å². The van der Waals surface area contributed by atoms with Crippen molar-refractivity contribution < 1.29 is 0 Å². The molecule has 2 nitrogen and oxygen atoms in total. The largest absolute Gasteiger partial charge is 0.391 e. The zero-order valence-corrected chi connectivity index (χ0v) is 6.36. The molecule has 0 amide bonds. The predicted molar refractivity (Wildman–Crippen MR) is 43.7 cm³/mol.